The zero-order valence-corrected chi connectivity index (χ0v) is 19.4. The van der Waals surface area contributed by atoms with E-state index in [-0.39, 0.29) is 12.0 Å². The molecule has 0 saturated heterocycles. The number of rotatable bonds is 11. The van der Waals surface area contributed by atoms with Gasteiger partial charge in [-0.25, -0.2) is 14.5 Å². The topological polar surface area (TPSA) is 68.0 Å². The molecular weight excluding hydrogens is 424 g/mol. The van der Waals surface area contributed by atoms with E-state index in [9.17, 15) is 18.7 Å². The fourth-order valence-electron chi connectivity index (χ4n) is 3.84. The highest BCUT2D eigenvalue weighted by molar-refractivity contribution is 5.97. The molecule has 3 rings (SSSR count). The van der Waals surface area contributed by atoms with Crippen molar-refractivity contribution in [1.82, 2.24) is 14.8 Å². The van der Waals surface area contributed by atoms with E-state index in [1.165, 1.54) is 0 Å². The largest absolute Gasteiger partial charge is 0.478 e. The van der Waals surface area contributed by atoms with Crippen molar-refractivity contribution in [2.45, 2.75) is 71.8 Å². The number of hydrogen-bond donors (Lipinski definition) is 1. The predicted octanol–water partition coefficient (Wildman–Crippen LogP) is 6.62. The Labute approximate surface area is 193 Å². The molecular formula is C26H31F2N3O2. The molecule has 7 heteroatoms. The van der Waals surface area contributed by atoms with Crippen molar-refractivity contribution in [1.29, 1.82) is 0 Å². The number of unbranched alkanes of at least 4 members (excludes halogenated alkanes) is 2. The Morgan fingerprint density at radius 2 is 1.76 bits per heavy atom. The Kier molecular flexibility index (Phi) is 7.95. The van der Waals surface area contributed by atoms with E-state index in [0.29, 0.717) is 42.8 Å². The van der Waals surface area contributed by atoms with Crippen LogP contribution in [-0.4, -0.2) is 25.8 Å². The van der Waals surface area contributed by atoms with Gasteiger partial charge in [0.15, 0.2) is 0 Å². The molecule has 0 aliphatic carbocycles. The van der Waals surface area contributed by atoms with Crippen LogP contribution in [0.15, 0.2) is 42.5 Å². The van der Waals surface area contributed by atoms with Gasteiger partial charge < -0.3 is 5.11 Å². The summed E-state index contributed by atoms with van der Waals surface area (Å²) in [5.41, 5.74) is 3.30. The first-order valence-electron chi connectivity index (χ1n) is 11.5. The minimum atomic E-state index is -3.04. The first-order chi connectivity index (χ1) is 15.8. The molecule has 33 heavy (non-hydrogen) atoms. The highest BCUT2D eigenvalue weighted by atomic mass is 19.3. The standard InChI is InChI=1S/C26H31F2N3O2/c1-4-6-11-22-29-25(26(27,28)16-7-5-2)30-31(22)17-19-12-14-20(15-13-19)21-10-8-9-18(3)23(21)24(32)33/h8-10,12-15H,4-7,11,16-17H2,1-3H3,(H,32,33). The minimum Gasteiger partial charge on any atom is -0.478 e. The normalized spacial score (nSPS) is 11.7. The van der Waals surface area contributed by atoms with Crippen molar-refractivity contribution in [3.63, 3.8) is 0 Å². The van der Waals surface area contributed by atoms with Gasteiger partial charge in [0.1, 0.15) is 5.82 Å². The zero-order chi connectivity index (χ0) is 24.0. The van der Waals surface area contributed by atoms with Gasteiger partial charge in [0.2, 0.25) is 5.82 Å². The summed E-state index contributed by atoms with van der Waals surface area (Å²) in [4.78, 5) is 15.9. The van der Waals surface area contributed by atoms with Gasteiger partial charge in [0, 0.05) is 12.8 Å². The maximum absolute atomic E-state index is 14.6. The van der Waals surface area contributed by atoms with Crippen LogP contribution in [0.5, 0.6) is 0 Å². The van der Waals surface area contributed by atoms with E-state index < -0.39 is 17.7 Å². The van der Waals surface area contributed by atoms with E-state index >= 15 is 0 Å². The molecule has 0 spiro atoms. The lowest BCUT2D eigenvalue weighted by Crippen LogP contribution is -2.16. The molecule has 5 nitrogen and oxygen atoms in total. The zero-order valence-electron chi connectivity index (χ0n) is 19.4. The van der Waals surface area contributed by atoms with E-state index in [4.69, 9.17) is 0 Å². The number of aryl methyl sites for hydroxylation is 2. The van der Waals surface area contributed by atoms with Crippen LogP contribution in [0.25, 0.3) is 11.1 Å². The number of carboxylic acids is 1. The highest BCUT2D eigenvalue weighted by Crippen LogP contribution is 2.32. The molecule has 0 unspecified atom stereocenters. The second-order valence-corrected chi connectivity index (χ2v) is 8.42. The van der Waals surface area contributed by atoms with E-state index in [2.05, 4.69) is 10.1 Å². The van der Waals surface area contributed by atoms with Crippen LogP contribution < -0.4 is 0 Å². The van der Waals surface area contributed by atoms with Crippen LogP contribution in [0.3, 0.4) is 0 Å². The molecule has 3 aromatic rings. The maximum atomic E-state index is 14.6. The SMILES string of the molecule is CCCCc1nc(C(F)(F)CCCC)nn1Cc1ccc(-c2cccc(C)c2C(=O)O)cc1. The van der Waals surface area contributed by atoms with Gasteiger partial charge in [0.25, 0.3) is 0 Å². The quantitative estimate of drug-likeness (QED) is 0.353. The van der Waals surface area contributed by atoms with Gasteiger partial charge >= 0.3 is 11.9 Å². The van der Waals surface area contributed by atoms with E-state index in [1.807, 2.05) is 44.2 Å². The number of carbonyl (C=O) groups is 1. The second-order valence-electron chi connectivity index (χ2n) is 8.42. The number of hydrogen-bond acceptors (Lipinski definition) is 3. The number of alkyl halides is 2. The van der Waals surface area contributed by atoms with Crippen molar-refractivity contribution in [3.8, 4) is 11.1 Å². The average molecular weight is 456 g/mol. The fourth-order valence-corrected chi connectivity index (χ4v) is 3.84. The number of aromatic carboxylic acids is 1. The van der Waals surface area contributed by atoms with Gasteiger partial charge in [-0.1, -0.05) is 69.2 Å². The molecule has 0 saturated carbocycles. The van der Waals surface area contributed by atoms with Crippen molar-refractivity contribution >= 4 is 5.97 Å². The van der Waals surface area contributed by atoms with Crippen LogP contribution in [0, 0.1) is 6.92 Å². The Bertz CT molecular complexity index is 1090. The first kappa shape index (κ1) is 24.6. The van der Waals surface area contributed by atoms with Gasteiger partial charge in [-0.2, -0.15) is 8.78 Å². The summed E-state index contributed by atoms with van der Waals surface area (Å²) < 4.78 is 30.8. The third-order valence-corrected chi connectivity index (χ3v) is 5.76. The smallest absolute Gasteiger partial charge is 0.336 e. The Hall–Kier alpha value is -3.09. The summed E-state index contributed by atoms with van der Waals surface area (Å²) in [5, 5.41) is 13.8. The molecule has 0 atom stereocenters. The molecule has 0 amide bonds. The Balaban J connectivity index is 1.88. The highest BCUT2D eigenvalue weighted by Gasteiger charge is 2.36. The maximum Gasteiger partial charge on any atom is 0.336 e. The second kappa shape index (κ2) is 10.7. The van der Waals surface area contributed by atoms with Crippen LogP contribution in [0.1, 0.15) is 79.1 Å². The van der Waals surface area contributed by atoms with Gasteiger partial charge in [-0.15, -0.1) is 5.10 Å². The van der Waals surface area contributed by atoms with Crippen LogP contribution in [-0.2, 0) is 18.9 Å². The van der Waals surface area contributed by atoms with Crippen LogP contribution in [0.4, 0.5) is 8.78 Å². The van der Waals surface area contributed by atoms with Gasteiger partial charge in [-0.3, -0.25) is 0 Å². The monoisotopic (exact) mass is 455 g/mol. The predicted molar refractivity (Wildman–Crippen MR) is 125 cm³/mol. The molecule has 0 radical (unpaired) electrons. The van der Waals surface area contributed by atoms with E-state index in [0.717, 1.165) is 24.0 Å². The summed E-state index contributed by atoms with van der Waals surface area (Å²) in [6.45, 7) is 6.04. The fraction of sp³-hybridized carbons (Fsp3) is 0.423. The molecule has 176 valence electrons. The molecule has 0 aliphatic heterocycles. The number of aromatic nitrogens is 3. The third kappa shape index (κ3) is 5.83. The lowest BCUT2D eigenvalue weighted by molar-refractivity contribution is -0.0245. The van der Waals surface area contributed by atoms with Gasteiger partial charge in [-0.05, 0) is 42.0 Å². The molecule has 0 bridgehead atoms. The Morgan fingerprint density at radius 3 is 2.39 bits per heavy atom. The number of halogens is 2. The van der Waals surface area contributed by atoms with Gasteiger partial charge in [0.05, 0.1) is 12.1 Å². The average Bonchev–Trinajstić information content (AvgIpc) is 3.20. The van der Waals surface area contributed by atoms with E-state index in [1.54, 1.807) is 23.7 Å². The van der Waals surface area contributed by atoms with Crippen molar-refractivity contribution < 1.29 is 18.7 Å². The molecule has 2 aromatic carbocycles. The minimum absolute atomic E-state index is 0.252. The number of nitrogens with zero attached hydrogens (tertiary/aromatic N) is 3. The van der Waals surface area contributed by atoms with Crippen LogP contribution in [0.2, 0.25) is 0 Å². The summed E-state index contributed by atoms with van der Waals surface area (Å²) in [5.74, 6) is -3.83. The summed E-state index contributed by atoms with van der Waals surface area (Å²) in [6, 6.07) is 12.9. The van der Waals surface area contributed by atoms with Crippen molar-refractivity contribution in [3.05, 3.63) is 70.8 Å². The van der Waals surface area contributed by atoms with Crippen LogP contribution >= 0.6 is 0 Å². The summed E-state index contributed by atoms with van der Waals surface area (Å²) in [6.07, 6.45) is 3.24. The summed E-state index contributed by atoms with van der Waals surface area (Å²) in [7, 11) is 0. The first-order valence-corrected chi connectivity index (χ1v) is 11.5. The summed E-state index contributed by atoms with van der Waals surface area (Å²) >= 11 is 0. The lowest BCUT2D eigenvalue weighted by atomic mass is 9.95. The molecule has 1 aromatic heterocycles. The third-order valence-electron chi connectivity index (χ3n) is 5.76. The number of carboxylic acid groups (broad SMARTS) is 1. The number of benzene rings is 2. The molecule has 1 heterocycles. The molecule has 1 N–H and O–H groups in total. The van der Waals surface area contributed by atoms with Crippen molar-refractivity contribution in [2.75, 3.05) is 0 Å². The molecule has 0 aliphatic rings. The lowest BCUT2D eigenvalue weighted by Gasteiger charge is -2.11. The molecule has 0 fully saturated rings. The Morgan fingerprint density at radius 1 is 1.06 bits per heavy atom. The van der Waals surface area contributed by atoms with Crippen molar-refractivity contribution in [2.24, 2.45) is 0 Å².